The highest BCUT2D eigenvalue weighted by Crippen LogP contribution is 2.32. The van der Waals surface area contributed by atoms with Gasteiger partial charge in [0, 0.05) is 11.7 Å². The molecule has 1 fully saturated rings. The number of fused-ring (bicyclic) bond motifs is 1. The number of anilines is 2. The molecule has 1 atom stereocenters. The molecule has 1 aliphatic heterocycles. The molecule has 1 saturated heterocycles. The number of halogens is 3. The van der Waals surface area contributed by atoms with Crippen LogP contribution < -0.4 is 5.32 Å². The second kappa shape index (κ2) is 9.58. The summed E-state index contributed by atoms with van der Waals surface area (Å²) < 4.78 is 46.9. The van der Waals surface area contributed by atoms with E-state index in [1.807, 2.05) is 12.1 Å². The standard InChI is InChI=1S/C25H25F3N8O/c26-25(27,28)23-32-24(36(34-23)21-5-3-4-20(31-21)22-33-29-15-37-22)30-18-9-6-16-7-10-19(11-8-17(16)14-18)35-12-1-2-13-35/h3-6,9,14-15,19H,1-2,7-8,10-13H2,(H,30,32,34). The molecule has 37 heavy (non-hydrogen) atoms. The van der Waals surface area contributed by atoms with Gasteiger partial charge in [-0.1, -0.05) is 12.1 Å². The highest BCUT2D eigenvalue weighted by atomic mass is 19.4. The van der Waals surface area contributed by atoms with Crippen LogP contribution in [0, 0.1) is 0 Å². The Labute approximate surface area is 210 Å². The molecule has 1 N–H and O–H groups in total. The minimum atomic E-state index is -4.72. The lowest BCUT2D eigenvalue weighted by atomic mass is 10.0. The van der Waals surface area contributed by atoms with Crippen LogP contribution in [0.2, 0.25) is 0 Å². The molecule has 9 nitrogen and oxygen atoms in total. The zero-order valence-corrected chi connectivity index (χ0v) is 19.9. The lowest BCUT2D eigenvalue weighted by molar-refractivity contribution is -0.144. The minimum absolute atomic E-state index is 0.0916. The van der Waals surface area contributed by atoms with Crippen molar-refractivity contribution in [3.05, 3.63) is 59.7 Å². The van der Waals surface area contributed by atoms with Gasteiger partial charge in [0.05, 0.1) is 0 Å². The maximum Gasteiger partial charge on any atom is 0.453 e. The molecule has 2 aliphatic rings. The van der Waals surface area contributed by atoms with Gasteiger partial charge in [0.25, 0.3) is 11.7 Å². The average molecular weight is 511 g/mol. The first kappa shape index (κ1) is 23.6. The Hall–Kier alpha value is -3.80. The number of pyridine rings is 1. The number of aryl methyl sites for hydroxylation is 2. The van der Waals surface area contributed by atoms with Gasteiger partial charge in [-0.05, 0) is 87.0 Å². The summed E-state index contributed by atoms with van der Waals surface area (Å²) >= 11 is 0. The van der Waals surface area contributed by atoms with Crippen molar-refractivity contribution >= 4 is 11.6 Å². The predicted octanol–water partition coefficient (Wildman–Crippen LogP) is 4.82. The molecule has 1 aromatic carbocycles. The van der Waals surface area contributed by atoms with Gasteiger partial charge in [-0.2, -0.15) is 22.8 Å². The summed E-state index contributed by atoms with van der Waals surface area (Å²) in [4.78, 5) is 10.7. The quantitative estimate of drug-likeness (QED) is 0.382. The van der Waals surface area contributed by atoms with Crippen LogP contribution in [0.1, 0.15) is 42.6 Å². The van der Waals surface area contributed by atoms with E-state index in [2.05, 4.69) is 41.5 Å². The SMILES string of the molecule is FC(F)(F)c1nc(Nc2ccc3c(c2)CCC(N2CCCC2)CC3)n(-c2cccc(-c3nnco3)n2)n1. The zero-order valence-electron chi connectivity index (χ0n) is 19.9. The van der Waals surface area contributed by atoms with Crippen LogP contribution in [0.15, 0.2) is 47.2 Å². The molecule has 0 amide bonds. The normalized spacial score (nSPS) is 18.5. The highest BCUT2D eigenvalue weighted by molar-refractivity contribution is 5.58. The molecule has 192 valence electrons. The minimum Gasteiger partial charge on any atom is -0.422 e. The molecular formula is C25H25F3N8O. The summed E-state index contributed by atoms with van der Waals surface area (Å²) in [5, 5.41) is 14.2. The van der Waals surface area contributed by atoms with E-state index in [-0.39, 0.29) is 17.7 Å². The van der Waals surface area contributed by atoms with Crippen LogP contribution in [0.4, 0.5) is 24.8 Å². The third-order valence-electron chi connectivity index (χ3n) is 7.00. The molecule has 1 unspecified atom stereocenters. The van der Waals surface area contributed by atoms with Gasteiger partial charge in [0.2, 0.25) is 12.3 Å². The van der Waals surface area contributed by atoms with Gasteiger partial charge >= 0.3 is 6.18 Å². The van der Waals surface area contributed by atoms with Crippen LogP contribution in [0.3, 0.4) is 0 Å². The van der Waals surface area contributed by atoms with E-state index in [0.717, 1.165) is 36.8 Å². The Kier molecular flexibility index (Phi) is 6.11. The Bertz CT molecular complexity index is 1380. The Morgan fingerprint density at radius 1 is 0.973 bits per heavy atom. The number of rotatable bonds is 5. The van der Waals surface area contributed by atoms with Gasteiger partial charge in [0.15, 0.2) is 5.82 Å². The summed E-state index contributed by atoms with van der Waals surface area (Å²) in [6.07, 6.45) is 3.11. The second-order valence-corrected chi connectivity index (χ2v) is 9.38. The number of nitrogens with zero attached hydrogens (tertiary/aromatic N) is 7. The first-order valence-corrected chi connectivity index (χ1v) is 12.4. The topological polar surface area (TPSA) is 97.8 Å². The molecule has 6 rings (SSSR count). The van der Waals surface area contributed by atoms with Crippen LogP contribution in [0.5, 0.6) is 0 Å². The molecule has 4 aromatic rings. The highest BCUT2D eigenvalue weighted by Gasteiger charge is 2.37. The van der Waals surface area contributed by atoms with E-state index in [1.165, 1.54) is 43.1 Å². The van der Waals surface area contributed by atoms with Gasteiger partial charge in [-0.3, -0.25) is 0 Å². The molecule has 1 aliphatic carbocycles. The lowest BCUT2D eigenvalue weighted by Gasteiger charge is -2.25. The fraction of sp³-hybridized carbons (Fsp3) is 0.400. The van der Waals surface area contributed by atoms with Crippen molar-refractivity contribution in [2.75, 3.05) is 18.4 Å². The molecule has 0 spiro atoms. The number of alkyl halides is 3. The number of hydrogen-bond donors (Lipinski definition) is 1. The van der Waals surface area contributed by atoms with Crippen molar-refractivity contribution in [2.45, 2.75) is 50.7 Å². The smallest absolute Gasteiger partial charge is 0.422 e. The number of aromatic nitrogens is 6. The van der Waals surface area contributed by atoms with Crippen LogP contribution in [-0.2, 0) is 19.0 Å². The molecular weight excluding hydrogens is 485 g/mol. The van der Waals surface area contributed by atoms with Crippen molar-refractivity contribution in [1.82, 2.24) is 34.8 Å². The van der Waals surface area contributed by atoms with Crippen LogP contribution in [0.25, 0.3) is 17.4 Å². The van der Waals surface area contributed by atoms with Gasteiger partial charge < -0.3 is 14.6 Å². The Morgan fingerprint density at radius 3 is 2.54 bits per heavy atom. The molecule has 4 heterocycles. The largest absolute Gasteiger partial charge is 0.453 e. The third kappa shape index (κ3) is 4.93. The summed E-state index contributed by atoms with van der Waals surface area (Å²) in [6.45, 7) is 2.35. The number of hydrogen-bond acceptors (Lipinski definition) is 8. The summed E-state index contributed by atoms with van der Waals surface area (Å²) in [7, 11) is 0. The first-order chi connectivity index (χ1) is 17.9. The number of likely N-dealkylation sites (tertiary alicyclic amines) is 1. The molecule has 0 saturated carbocycles. The van der Waals surface area contributed by atoms with Gasteiger partial charge in [0.1, 0.15) is 5.69 Å². The molecule has 0 bridgehead atoms. The maximum absolute atomic E-state index is 13.5. The first-order valence-electron chi connectivity index (χ1n) is 12.4. The van der Waals surface area contributed by atoms with E-state index in [9.17, 15) is 13.2 Å². The van der Waals surface area contributed by atoms with Gasteiger partial charge in [-0.25, -0.2) is 4.98 Å². The Morgan fingerprint density at radius 2 is 1.78 bits per heavy atom. The lowest BCUT2D eigenvalue weighted by Crippen LogP contribution is -2.32. The number of benzene rings is 1. The molecule has 0 radical (unpaired) electrons. The third-order valence-corrected chi connectivity index (χ3v) is 7.00. The van der Waals surface area contributed by atoms with E-state index < -0.39 is 12.0 Å². The molecule has 12 heteroatoms. The Balaban J connectivity index is 1.29. The summed E-state index contributed by atoms with van der Waals surface area (Å²) in [5.74, 6) is -1.08. The van der Waals surface area contributed by atoms with Crippen LogP contribution in [-0.4, -0.2) is 54.0 Å². The van der Waals surface area contributed by atoms with Gasteiger partial charge in [-0.15, -0.1) is 15.3 Å². The predicted molar refractivity (Wildman–Crippen MR) is 128 cm³/mol. The van der Waals surface area contributed by atoms with Crippen molar-refractivity contribution < 1.29 is 17.6 Å². The monoisotopic (exact) mass is 510 g/mol. The van der Waals surface area contributed by atoms with Crippen molar-refractivity contribution in [2.24, 2.45) is 0 Å². The van der Waals surface area contributed by atoms with E-state index >= 15 is 0 Å². The fourth-order valence-electron chi connectivity index (χ4n) is 5.19. The average Bonchev–Trinajstić information content (AvgIpc) is 3.65. The van der Waals surface area contributed by atoms with Crippen molar-refractivity contribution in [3.63, 3.8) is 0 Å². The van der Waals surface area contributed by atoms with Crippen LogP contribution >= 0.6 is 0 Å². The summed E-state index contributed by atoms with van der Waals surface area (Å²) in [5.41, 5.74) is 3.46. The van der Waals surface area contributed by atoms with E-state index in [4.69, 9.17) is 4.42 Å². The fourth-order valence-corrected chi connectivity index (χ4v) is 5.19. The molecule has 3 aromatic heterocycles. The number of nitrogens with one attached hydrogen (secondary N) is 1. The van der Waals surface area contributed by atoms with Crippen molar-refractivity contribution in [1.29, 1.82) is 0 Å². The van der Waals surface area contributed by atoms with E-state index in [0.29, 0.717) is 17.4 Å². The van der Waals surface area contributed by atoms with Crippen molar-refractivity contribution in [3.8, 4) is 17.4 Å². The van der Waals surface area contributed by atoms with E-state index in [1.54, 1.807) is 12.1 Å². The second-order valence-electron chi connectivity index (χ2n) is 9.38. The zero-order chi connectivity index (χ0) is 25.4. The maximum atomic E-state index is 13.5. The summed E-state index contributed by atoms with van der Waals surface area (Å²) in [6, 6.07) is 11.3.